The fourth-order valence-corrected chi connectivity index (χ4v) is 3.71. The molecule has 0 heterocycles. The molecule has 5 nitrogen and oxygen atoms in total. The summed E-state index contributed by atoms with van der Waals surface area (Å²) in [6.45, 7) is 2.04. The van der Waals surface area contributed by atoms with E-state index >= 15 is 0 Å². The molecule has 27 heavy (non-hydrogen) atoms. The molecule has 4 atom stereocenters. The summed E-state index contributed by atoms with van der Waals surface area (Å²) in [6.07, 6.45) is 15.4. The molecule has 0 saturated heterocycles. The number of hydrogen-bond acceptors (Lipinski definition) is 4. The van der Waals surface area contributed by atoms with Gasteiger partial charge in [0.15, 0.2) is 0 Å². The standard InChI is InChI=1S/C22H34O5/c1-3-5-14-22(27,4-2)15-10-12-18-17(19(23)16-20(18)24)11-8-6-7-9-13-21(25)26/h2,10,12,17-18,20,24,27H,3,5-9,11,13-16H2,1H3,(H,25,26)/t17-,18-,20+,22?/m1/s1. The minimum Gasteiger partial charge on any atom is -0.481 e. The van der Waals surface area contributed by atoms with Crippen molar-refractivity contribution in [1.82, 2.24) is 0 Å². The van der Waals surface area contributed by atoms with Crippen LogP contribution < -0.4 is 0 Å². The Bertz CT molecular complexity index is 547. The lowest BCUT2D eigenvalue weighted by Gasteiger charge is -2.21. The van der Waals surface area contributed by atoms with Gasteiger partial charge >= 0.3 is 5.97 Å². The number of carbonyl (C=O) groups is 2. The maximum absolute atomic E-state index is 12.2. The Labute approximate surface area is 162 Å². The third-order valence-corrected chi connectivity index (χ3v) is 5.41. The SMILES string of the molecule is C#CC(O)(CC=C[C@H]1[C@@H](O)CC(=O)[C@@H]1CCCCCCC(=O)O)CCCC. The number of Topliss-reactive ketones (excluding diaryl/α,β-unsaturated/α-hetero) is 1. The van der Waals surface area contributed by atoms with Gasteiger partial charge in [0.1, 0.15) is 11.4 Å². The van der Waals surface area contributed by atoms with Crippen molar-refractivity contribution in [2.45, 2.75) is 89.3 Å². The second-order valence-electron chi connectivity index (χ2n) is 7.68. The number of carbonyl (C=O) groups excluding carboxylic acids is 1. The first-order chi connectivity index (χ1) is 12.8. The number of aliphatic carboxylic acids is 1. The summed E-state index contributed by atoms with van der Waals surface area (Å²) in [6, 6.07) is 0. The highest BCUT2D eigenvalue weighted by atomic mass is 16.4. The van der Waals surface area contributed by atoms with Crippen LogP contribution in [0.1, 0.15) is 77.6 Å². The van der Waals surface area contributed by atoms with Gasteiger partial charge in [0.2, 0.25) is 0 Å². The van der Waals surface area contributed by atoms with Crippen molar-refractivity contribution in [3.8, 4) is 12.3 Å². The van der Waals surface area contributed by atoms with Crippen LogP contribution in [0, 0.1) is 24.2 Å². The van der Waals surface area contributed by atoms with Crippen molar-refractivity contribution in [2.75, 3.05) is 0 Å². The molecule has 1 fully saturated rings. The topological polar surface area (TPSA) is 94.8 Å². The number of rotatable bonds is 13. The number of terminal acetylenes is 1. The van der Waals surface area contributed by atoms with Crippen molar-refractivity contribution in [1.29, 1.82) is 0 Å². The summed E-state index contributed by atoms with van der Waals surface area (Å²) in [7, 11) is 0. The van der Waals surface area contributed by atoms with Crippen LogP contribution in [0.4, 0.5) is 0 Å². The summed E-state index contributed by atoms with van der Waals surface area (Å²) in [5.41, 5.74) is -1.17. The van der Waals surface area contributed by atoms with E-state index in [0.717, 1.165) is 32.1 Å². The van der Waals surface area contributed by atoms with Crippen LogP contribution in [0.15, 0.2) is 12.2 Å². The Balaban J connectivity index is 2.51. The van der Waals surface area contributed by atoms with Gasteiger partial charge in [-0.2, -0.15) is 0 Å². The first kappa shape index (κ1) is 23.4. The molecule has 1 unspecified atom stereocenters. The van der Waals surface area contributed by atoms with Gasteiger partial charge in [-0.15, -0.1) is 6.42 Å². The fraction of sp³-hybridized carbons (Fsp3) is 0.727. The normalized spacial score (nSPS) is 24.8. The average Bonchev–Trinajstić information content (AvgIpc) is 2.89. The van der Waals surface area contributed by atoms with Crippen molar-refractivity contribution >= 4 is 11.8 Å². The molecule has 1 rings (SSSR count). The maximum atomic E-state index is 12.2. The fourth-order valence-electron chi connectivity index (χ4n) is 3.71. The van der Waals surface area contributed by atoms with Crippen molar-refractivity contribution < 1.29 is 24.9 Å². The van der Waals surface area contributed by atoms with Crippen molar-refractivity contribution in [3.63, 3.8) is 0 Å². The number of unbranched alkanes of at least 4 members (excludes halogenated alkanes) is 4. The molecule has 0 radical (unpaired) electrons. The molecule has 5 heteroatoms. The van der Waals surface area contributed by atoms with Gasteiger partial charge in [0, 0.05) is 31.1 Å². The smallest absolute Gasteiger partial charge is 0.303 e. The first-order valence-corrected chi connectivity index (χ1v) is 10.1. The van der Waals surface area contributed by atoms with Crippen LogP contribution in [0.5, 0.6) is 0 Å². The quantitative estimate of drug-likeness (QED) is 0.259. The van der Waals surface area contributed by atoms with E-state index in [2.05, 4.69) is 5.92 Å². The maximum Gasteiger partial charge on any atom is 0.303 e. The van der Waals surface area contributed by atoms with Crippen LogP contribution in [-0.2, 0) is 9.59 Å². The van der Waals surface area contributed by atoms with Crippen LogP contribution in [0.3, 0.4) is 0 Å². The largest absolute Gasteiger partial charge is 0.481 e. The molecule has 3 N–H and O–H groups in total. The van der Waals surface area contributed by atoms with Crippen LogP contribution in [0.2, 0.25) is 0 Å². The van der Waals surface area contributed by atoms with Crippen LogP contribution in [-0.4, -0.2) is 38.8 Å². The number of carboxylic acid groups (broad SMARTS) is 1. The summed E-state index contributed by atoms with van der Waals surface area (Å²) < 4.78 is 0. The van der Waals surface area contributed by atoms with Crippen LogP contribution in [0.25, 0.3) is 0 Å². The Morgan fingerprint density at radius 3 is 2.63 bits per heavy atom. The zero-order chi connectivity index (χ0) is 20.3. The second-order valence-corrected chi connectivity index (χ2v) is 7.68. The average molecular weight is 379 g/mol. The van der Waals surface area contributed by atoms with Crippen LogP contribution >= 0.6 is 0 Å². The van der Waals surface area contributed by atoms with Gasteiger partial charge in [-0.05, 0) is 25.7 Å². The third-order valence-electron chi connectivity index (χ3n) is 5.41. The van der Waals surface area contributed by atoms with E-state index in [9.17, 15) is 19.8 Å². The Morgan fingerprint density at radius 2 is 2.00 bits per heavy atom. The molecule has 0 aromatic carbocycles. The molecule has 1 aliphatic rings. The molecule has 1 saturated carbocycles. The molecular weight excluding hydrogens is 344 g/mol. The highest BCUT2D eigenvalue weighted by molar-refractivity contribution is 5.84. The second kappa shape index (κ2) is 11.9. The van der Waals surface area contributed by atoms with Crippen molar-refractivity contribution in [2.24, 2.45) is 11.8 Å². The van der Waals surface area contributed by atoms with E-state index < -0.39 is 17.7 Å². The molecular formula is C22H34O5. The zero-order valence-electron chi connectivity index (χ0n) is 16.4. The lowest BCUT2D eigenvalue weighted by molar-refractivity contribution is -0.137. The number of aliphatic hydroxyl groups excluding tert-OH is 1. The Morgan fingerprint density at radius 1 is 1.30 bits per heavy atom. The number of carboxylic acids is 1. The van der Waals surface area contributed by atoms with Gasteiger partial charge in [-0.3, -0.25) is 9.59 Å². The molecule has 0 amide bonds. The summed E-state index contributed by atoms with van der Waals surface area (Å²) >= 11 is 0. The minimum atomic E-state index is -1.17. The number of aliphatic hydroxyl groups is 2. The van der Waals surface area contributed by atoms with E-state index in [1.807, 2.05) is 19.1 Å². The van der Waals surface area contributed by atoms with E-state index in [1.165, 1.54) is 0 Å². The molecule has 0 aromatic rings. The van der Waals surface area contributed by atoms with E-state index in [4.69, 9.17) is 11.5 Å². The predicted molar refractivity (Wildman–Crippen MR) is 105 cm³/mol. The van der Waals surface area contributed by atoms with Gasteiger partial charge in [-0.1, -0.05) is 50.7 Å². The molecule has 0 bridgehead atoms. The highest BCUT2D eigenvalue weighted by Gasteiger charge is 2.39. The number of hydrogen-bond donors (Lipinski definition) is 3. The summed E-state index contributed by atoms with van der Waals surface area (Å²) in [5, 5.41) is 29.3. The first-order valence-electron chi connectivity index (χ1n) is 10.1. The highest BCUT2D eigenvalue weighted by Crippen LogP contribution is 2.34. The summed E-state index contributed by atoms with van der Waals surface area (Å²) in [5.74, 6) is 1.34. The Hall–Kier alpha value is -1.64. The van der Waals surface area contributed by atoms with Gasteiger partial charge in [0.25, 0.3) is 0 Å². The lowest BCUT2D eigenvalue weighted by Crippen LogP contribution is -2.25. The monoisotopic (exact) mass is 378 g/mol. The van der Waals surface area contributed by atoms with Gasteiger partial charge in [-0.25, -0.2) is 0 Å². The zero-order valence-corrected chi connectivity index (χ0v) is 16.4. The Kier molecular flexibility index (Phi) is 10.4. The van der Waals surface area contributed by atoms with E-state index in [0.29, 0.717) is 25.7 Å². The number of ketones is 1. The summed E-state index contributed by atoms with van der Waals surface area (Å²) in [4.78, 5) is 22.7. The molecule has 0 spiro atoms. The minimum absolute atomic E-state index is 0.0841. The van der Waals surface area contributed by atoms with Gasteiger partial charge in [0.05, 0.1) is 6.10 Å². The lowest BCUT2D eigenvalue weighted by atomic mass is 9.87. The molecule has 0 aliphatic heterocycles. The molecule has 1 aliphatic carbocycles. The third kappa shape index (κ3) is 8.28. The van der Waals surface area contributed by atoms with Gasteiger partial charge < -0.3 is 15.3 Å². The van der Waals surface area contributed by atoms with Crippen molar-refractivity contribution in [3.05, 3.63) is 12.2 Å². The van der Waals surface area contributed by atoms with E-state index in [-0.39, 0.29) is 30.5 Å². The molecule has 0 aromatic heterocycles. The van der Waals surface area contributed by atoms with E-state index in [1.54, 1.807) is 0 Å². The predicted octanol–water partition coefficient (Wildman–Crippen LogP) is 3.48. The molecule has 152 valence electrons.